The third-order valence-electron chi connectivity index (χ3n) is 2.06. The van der Waals surface area contributed by atoms with Crippen LogP contribution in [0.5, 0.6) is 0 Å². The highest BCUT2D eigenvalue weighted by molar-refractivity contribution is 6.20. The van der Waals surface area contributed by atoms with Crippen LogP contribution in [0.4, 0.5) is 4.39 Å². The Labute approximate surface area is 89.9 Å². The molecule has 0 saturated carbocycles. The van der Waals surface area contributed by atoms with Crippen LogP contribution in [0.1, 0.15) is 18.1 Å². The smallest absolute Gasteiger partial charge is 0.258 e. The van der Waals surface area contributed by atoms with Crippen LogP contribution >= 0.6 is 11.6 Å². The Kier molecular flexibility index (Phi) is 2.44. The van der Waals surface area contributed by atoms with Crippen molar-refractivity contribution in [2.75, 3.05) is 0 Å². The zero-order valence-corrected chi connectivity index (χ0v) is 8.68. The first-order valence-corrected chi connectivity index (χ1v) is 4.85. The number of halogens is 2. The second-order valence-corrected chi connectivity index (χ2v) is 3.88. The Bertz CT molecular complexity index is 565. The number of hydrogen-bond donors (Lipinski definition) is 1. The standard InChI is InChI=1S/C10H8ClFN2O/c1-5(11)9-13-8-3-2-6(12)4-7(8)10(15)14-9/h2-5H,1H3,(H,13,14,15)/t5-/m1/s1. The summed E-state index contributed by atoms with van der Waals surface area (Å²) in [7, 11) is 0. The fraction of sp³-hybridized carbons (Fsp3) is 0.200. The van der Waals surface area contributed by atoms with E-state index in [4.69, 9.17) is 11.6 Å². The molecule has 15 heavy (non-hydrogen) atoms. The van der Waals surface area contributed by atoms with Crippen LogP contribution in [-0.2, 0) is 0 Å². The minimum absolute atomic E-state index is 0.232. The molecule has 0 bridgehead atoms. The van der Waals surface area contributed by atoms with Gasteiger partial charge in [-0.05, 0) is 25.1 Å². The highest BCUT2D eigenvalue weighted by Crippen LogP contribution is 2.16. The summed E-state index contributed by atoms with van der Waals surface area (Å²) < 4.78 is 12.9. The van der Waals surface area contributed by atoms with Crippen molar-refractivity contribution in [2.45, 2.75) is 12.3 Å². The molecule has 0 fully saturated rings. The van der Waals surface area contributed by atoms with Crippen molar-refractivity contribution in [3.8, 4) is 0 Å². The normalized spacial score (nSPS) is 13.0. The number of nitrogens with zero attached hydrogens (tertiary/aromatic N) is 1. The van der Waals surface area contributed by atoms with Crippen LogP contribution in [0.25, 0.3) is 10.9 Å². The fourth-order valence-corrected chi connectivity index (χ4v) is 1.42. The van der Waals surface area contributed by atoms with E-state index in [-0.39, 0.29) is 16.3 Å². The fourth-order valence-electron chi connectivity index (χ4n) is 1.32. The van der Waals surface area contributed by atoms with Crippen LogP contribution in [-0.4, -0.2) is 9.97 Å². The molecule has 1 aromatic heterocycles. The Morgan fingerprint density at radius 3 is 2.93 bits per heavy atom. The number of aromatic amines is 1. The first-order valence-electron chi connectivity index (χ1n) is 4.41. The van der Waals surface area contributed by atoms with Crippen molar-refractivity contribution in [2.24, 2.45) is 0 Å². The van der Waals surface area contributed by atoms with Crippen LogP contribution in [0.15, 0.2) is 23.0 Å². The zero-order valence-electron chi connectivity index (χ0n) is 7.92. The second-order valence-electron chi connectivity index (χ2n) is 3.23. The van der Waals surface area contributed by atoms with Gasteiger partial charge in [-0.1, -0.05) is 0 Å². The molecule has 78 valence electrons. The molecule has 1 heterocycles. The van der Waals surface area contributed by atoms with E-state index in [9.17, 15) is 9.18 Å². The zero-order chi connectivity index (χ0) is 11.0. The maximum absolute atomic E-state index is 12.9. The van der Waals surface area contributed by atoms with E-state index in [2.05, 4.69) is 9.97 Å². The summed E-state index contributed by atoms with van der Waals surface area (Å²) in [6, 6.07) is 3.88. The highest BCUT2D eigenvalue weighted by Gasteiger charge is 2.08. The summed E-state index contributed by atoms with van der Waals surface area (Å²) in [5.41, 5.74) is 0.0738. The summed E-state index contributed by atoms with van der Waals surface area (Å²) in [6.07, 6.45) is 0. The van der Waals surface area contributed by atoms with Gasteiger partial charge in [0.1, 0.15) is 11.6 Å². The van der Waals surface area contributed by atoms with E-state index in [1.807, 2.05) is 0 Å². The molecular formula is C10H8ClFN2O. The van der Waals surface area contributed by atoms with E-state index in [1.54, 1.807) is 6.92 Å². The molecule has 0 aliphatic rings. The van der Waals surface area contributed by atoms with Gasteiger partial charge in [-0.15, -0.1) is 11.6 Å². The van der Waals surface area contributed by atoms with E-state index >= 15 is 0 Å². The van der Waals surface area contributed by atoms with Gasteiger partial charge in [0.25, 0.3) is 5.56 Å². The maximum atomic E-state index is 12.9. The van der Waals surface area contributed by atoms with Crippen LogP contribution in [0.2, 0.25) is 0 Å². The summed E-state index contributed by atoms with van der Waals surface area (Å²) >= 11 is 5.80. The number of fused-ring (bicyclic) bond motifs is 1. The molecule has 0 saturated heterocycles. The monoisotopic (exact) mass is 226 g/mol. The first-order chi connectivity index (χ1) is 7.08. The minimum Gasteiger partial charge on any atom is -0.309 e. The van der Waals surface area contributed by atoms with Crippen molar-refractivity contribution < 1.29 is 4.39 Å². The molecular weight excluding hydrogens is 219 g/mol. The number of rotatable bonds is 1. The molecule has 5 heteroatoms. The second kappa shape index (κ2) is 3.62. The average Bonchev–Trinajstić information content (AvgIpc) is 2.18. The third-order valence-corrected chi connectivity index (χ3v) is 2.27. The quantitative estimate of drug-likeness (QED) is 0.759. The molecule has 0 aliphatic carbocycles. The van der Waals surface area contributed by atoms with E-state index in [0.29, 0.717) is 11.3 Å². The predicted molar refractivity (Wildman–Crippen MR) is 56.6 cm³/mol. The van der Waals surface area contributed by atoms with Crippen molar-refractivity contribution in [1.82, 2.24) is 9.97 Å². The molecule has 1 N–H and O–H groups in total. The summed E-state index contributed by atoms with van der Waals surface area (Å²) in [5, 5.41) is -0.150. The Hall–Kier alpha value is -1.42. The topological polar surface area (TPSA) is 45.8 Å². The van der Waals surface area contributed by atoms with Gasteiger partial charge in [0, 0.05) is 0 Å². The molecule has 0 spiro atoms. The molecule has 1 atom stereocenters. The lowest BCUT2D eigenvalue weighted by atomic mass is 10.2. The number of benzene rings is 1. The van der Waals surface area contributed by atoms with Gasteiger partial charge in [-0.3, -0.25) is 4.79 Å². The lowest BCUT2D eigenvalue weighted by molar-refractivity contribution is 0.629. The van der Waals surface area contributed by atoms with Gasteiger partial charge in [0.15, 0.2) is 0 Å². The third kappa shape index (κ3) is 1.85. The van der Waals surface area contributed by atoms with Crippen molar-refractivity contribution in [1.29, 1.82) is 0 Å². The summed E-state index contributed by atoms with van der Waals surface area (Å²) in [4.78, 5) is 18.2. The van der Waals surface area contributed by atoms with Crippen molar-refractivity contribution in [3.63, 3.8) is 0 Å². The maximum Gasteiger partial charge on any atom is 0.258 e. The number of aromatic nitrogens is 2. The number of nitrogens with one attached hydrogen (secondary N) is 1. The first kappa shape index (κ1) is 10.1. The number of hydrogen-bond acceptors (Lipinski definition) is 2. The van der Waals surface area contributed by atoms with Crippen LogP contribution < -0.4 is 5.56 Å². The van der Waals surface area contributed by atoms with Gasteiger partial charge in [-0.2, -0.15) is 0 Å². The molecule has 2 rings (SSSR count). The molecule has 0 unspecified atom stereocenters. The molecule has 0 radical (unpaired) electrons. The number of alkyl halides is 1. The van der Waals surface area contributed by atoms with E-state index < -0.39 is 5.82 Å². The molecule has 2 aromatic rings. The Morgan fingerprint density at radius 1 is 1.53 bits per heavy atom. The highest BCUT2D eigenvalue weighted by atomic mass is 35.5. The van der Waals surface area contributed by atoms with Gasteiger partial charge in [0.2, 0.25) is 0 Å². The van der Waals surface area contributed by atoms with E-state index in [1.165, 1.54) is 12.1 Å². The van der Waals surface area contributed by atoms with Crippen molar-refractivity contribution >= 4 is 22.5 Å². The van der Waals surface area contributed by atoms with Gasteiger partial charge in [0.05, 0.1) is 16.3 Å². The molecule has 0 amide bonds. The minimum atomic E-state index is -0.457. The number of H-pyrrole nitrogens is 1. The van der Waals surface area contributed by atoms with Crippen LogP contribution in [0, 0.1) is 5.82 Å². The van der Waals surface area contributed by atoms with Gasteiger partial charge in [-0.25, -0.2) is 9.37 Å². The molecule has 3 nitrogen and oxygen atoms in total. The average molecular weight is 227 g/mol. The lowest BCUT2D eigenvalue weighted by Crippen LogP contribution is -2.12. The molecule has 0 aliphatic heterocycles. The van der Waals surface area contributed by atoms with E-state index in [0.717, 1.165) is 6.07 Å². The predicted octanol–water partition coefficient (Wildman–Crippen LogP) is 2.36. The van der Waals surface area contributed by atoms with Crippen molar-refractivity contribution in [3.05, 3.63) is 40.2 Å². The van der Waals surface area contributed by atoms with Gasteiger partial charge < -0.3 is 4.98 Å². The van der Waals surface area contributed by atoms with Crippen LogP contribution in [0.3, 0.4) is 0 Å². The Balaban J connectivity index is 2.79. The SMILES string of the molecule is C[C@@H](Cl)c1nc2ccc(F)cc2c(=O)[nH]1. The summed E-state index contributed by atoms with van der Waals surface area (Å²) in [6.45, 7) is 1.70. The molecule has 1 aromatic carbocycles. The lowest BCUT2D eigenvalue weighted by Gasteiger charge is -2.03. The summed E-state index contributed by atoms with van der Waals surface area (Å²) in [5.74, 6) is -0.0674. The van der Waals surface area contributed by atoms with Gasteiger partial charge >= 0.3 is 0 Å². The largest absolute Gasteiger partial charge is 0.309 e. The Morgan fingerprint density at radius 2 is 2.27 bits per heavy atom.